The van der Waals surface area contributed by atoms with Gasteiger partial charge < -0.3 is 15.8 Å². The van der Waals surface area contributed by atoms with E-state index in [1.807, 2.05) is 0 Å². The molecule has 0 aromatic heterocycles. The molecule has 3 nitrogen and oxygen atoms in total. The maximum Gasteiger partial charge on any atom is 0.148 e. The second kappa shape index (κ2) is 4.67. The van der Waals surface area contributed by atoms with Crippen LogP contribution in [0.25, 0.3) is 0 Å². The van der Waals surface area contributed by atoms with Gasteiger partial charge in [-0.1, -0.05) is 6.07 Å². The van der Waals surface area contributed by atoms with E-state index in [1.54, 1.807) is 19.2 Å². The first-order valence-corrected chi connectivity index (χ1v) is 4.02. The molecule has 13 heavy (non-hydrogen) atoms. The summed E-state index contributed by atoms with van der Waals surface area (Å²) in [5.41, 5.74) is 6.25. The molecule has 0 spiro atoms. The van der Waals surface area contributed by atoms with Crippen LogP contribution in [-0.2, 0) is 4.74 Å². The minimum atomic E-state index is -0.401. The standard InChI is InChI=1S/C9H13FN2O/c1-13-6-5-12-8-4-2-3-7(10)9(8)11/h2-4,12H,5-6,11H2,1H3. The van der Waals surface area contributed by atoms with Crippen molar-refractivity contribution in [2.45, 2.75) is 0 Å². The Morgan fingerprint density at radius 1 is 1.54 bits per heavy atom. The molecule has 0 atom stereocenters. The molecule has 0 saturated heterocycles. The van der Waals surface area contributed by atoms with Crippen LogP contribution in [0.3, 0.4) is 0 Å². The average molecular weight is 184 g/mol. The van der Waals surface area contributed by atoms with Gasteiger partial charge in [-0.2, -0.15) is 0 Å². The van der Waals surface area contributed by atoms with Gasteiger partial charge in [0.1, 0.15) is 5.82 Å². The Morgan fingerprint density at radius 2 is 2.31 bits per heavy atom. The Labute approximate surface area is 76.7 Å². The van der Waals surface area contributed by atoms with E-state index >= 15 is 0 Å². The number of hydrogen-bond acceptors (Lipinski definition) is 3. The van der Waals surface area contributed by atoms with Crippen molar-refractivity contribution in [2.24, 2.45) is 0 Å². The Balaban J connectivity index is 2.61. The molecule has 0 aliphatic heterocycles. The predicted molar refractivity (Wildman–Crippen MR) is 51.2 cm³/mol. The SMILES string of the molecule is COCCNc1cccc(F)c1N. The normalized spacial score (nSPS) is 10.0. The Bertz CT molecular complexity index is 278. The lowest BCUT2D eigenvalue weighted by Gasteiger charge is -2.08. The minimum absolute atomic E-state index is 0.151. The highest BCUT2D eigenvalue weighted by atomic mass is 19.1. The number of rotatable bonds is 4. The molecule has 0 aliphatic rings. The molecule has 72 valence electrons. The van der Waals surface area contributed by atoms with Gasteiger partial charge in [0.05, 0.1) is 18.0 Å². The third-order valence-electron chi connectivity index (χ3n) is 1.67. The zero-order valence-electron chi connectivity index (χ0n) is 7.51. The second-order valence-electron chi connectivity index (χ2n) is 2.62. The molecule has 4 heteroatoms. The van der Waals surface area contributed by atoms with Crippen molar-refractivity contribution in [3.63, 3.8) is 0 Å². The van der Waals surface area contributed by atoms with Gasteiger partial charge in [-0.25, -0.2) is 4.39 Å². The third kappa shape index (κ3) is 2.59. The maximum absolute atomic E-state index is 12.9. The number of benzene rings is 1. The van der Waals surface area contributed by atoms with Gasteiger partial charge in [-0.3, -0.25) is 0 Å². The number of halogens is 1. The number of anilines is 2. The van der Waals surface area contributed by atoms with E-state index in [0.717, 1.165) is 0 Å². The molecule has 1 aromatic rings. The molecule has 1 aromatic carbocycles. The van der Waals surface area contributed by atoms with Crippen LogP contribution in [0.2, 0.25) is 0 Å². The van der Waals surface area contributed by atoms with Crippen LogP contribution in [0, 0.1) is 5.82 Å². The van der Waals surface area contributed by atoms with Crippen LogP contribution >= 0.6 is 0 Å². The molecule has 0 bridgehead atoms. The summed E-state index contributed by atoms with van der Waals surface area (Å²) in [4.78, 5) is 0. The van der Waals surface area contributed by atoms with Crippen molar-refractivity contribution in [1.29, 1.82) is 0 Å². The van der Waals surface area contributed by atoms with Gasteiger partial charge in [0, 0.05) is 13.7 Å². The Morgan fingerprint density at radius 3 is 3.00 bits per heavy atom. The van der Waals surface area contributed by atoms with Crippen molar-refractivity contribution in [1.82, 2.24) is 0 Å². The number of nitrogen functional groups attached to an aromatic ring is 1. The Kier molecular flexibility index (Phi) is 3.52. The quantitative estimate of drug-likeness (QED) is 0.550. The number of ether oxygens (including phenoxy) is 1. The number of nitrogens with two attached hydrogens (primary N) is 1. The molecule has 1 rings (SSSR count). The van der Waals surface area contributed by atoms with Crippen molar-refractivity contribution < 1.29 is 9.13 Å². The summed E-state index contributed by atoms with van der Waals surface area (Å²) < 4.78 is 17.7. The monoisotopic (exact) mass is 184 g/mol. The van der Waals surface area contributed by atoms with Gasteiger partial charge in [-0.15, -0.1) is 0 Å². The summed E-state index contributed by atoms with van der Waals surface area (Å²) >= 11 is 0. The lowest BCUT2D eigenvalue weighted by molar-refractivity contribution is 0.211. The highest BCUT2D eigenvalue weighted by Gasteiger charge is 2.02. The van der Waals surface area contributed by atoms with Crippen molar-refractivity contribution >= 4 is 11.4 Å². The summed E-state index contributed by atoms with van der Waals surface area (Å²) in [7, 11) is 1.61. The number of nitrogens with one attached hydrogen (secondary N) is 1. The molecule has 3 N–H and O–H groups in total. The van der Waals surface area contributed by atoms with Gasteiger partial charge in [0.15, 0.2) is 0 Å². The van der Waals surface area contributed by atoms with Crippen molar-refractivity contribution in [3.8, 4) is 0 Å². The van der Waals surface area contributed by atoms with Gasteiger partial charge in [0.2, 0.25) is 0 Å². The van der Waals surface area contributed by atoms with E-state index in [0.29, 0.717) is 18.8 Å². The topological polar surface area (TPSA) is 47.3 Å². The molecule has 0 radical (unpaired) electrons. The first-order chi connectivity index (χ1) is 6.25. The van der Waals surface area contributed by atoms with Gasteiger partial charge in [0.25, 0.3) is 0 Å². The zero-order valence-corrected chi connectivity index (χ0v) is 7.51. The number of para-hydroxylation sites is 1. The molecule has 0 fully saturated rings. The summed E-state index contributed by atoms with van der Waals surface area (Å²) in [6, 6.07) is 4.67. The molecule has 0 aliphatic carbocycles. The summed E-state index contributed by atoms with van der Waals surface area (Å²) in [6.45, 7) is 1.18. The molecular weight excluding hydrogens is 171 g/mol. The van der Waals surface area contributed by atoms with Gasteiger partial charge in [-0.05, 0) is 12.1 Å². The first-order valence-electron chi connectivity index (χ1n) is 4.02. The maximum atomic E-state index is 12.9. The fourth-order valence-electron chi connectivity index (χ4n) is 0.979. The molecule has 0 saturated carbocycles. The van der Waals surface area contributed by atoms with E-state index in [9.17, 15) is 4.39 Å². The van der Waals surface area contributed by atoms with E-state index in [4.69, 9.17) is 10.5 Å². The van der Waals surface area contributed by atoms with E-state index < -0.39 is 5.82 Å². The van der Waals surface area contributed by atoms with E-state index in [2.05, 4.69) is 5.32 Å². The van der Waals surface area contributed by atoms with Crippen LogP contribution in [-0.4, -0.2) is 20.3 Å². The van der Waals surface area contributed by atoms with E-state index in [1.165, 1.54) is 6.07 Å². The molecule has 0 heterocycles. The van der Waals surface area contributed by atoms with Crippen LogP contribution in [0.15, 0.2) is 18.2 Å². The second-order valence-corrected chi connectivity index (χ2v) is 2.62. The smallest absolute Gasteiger partial charge is 0.148 e. The largest absolute Gasteiger partial charge is 0.395 e. The minimum Gasteiger partial charge on any atom is -0.395 e. The predicted octanol–water partition coefficient (Wildman–Crippen LogP) is 1.47. The number of hydrogen-bond donors (Lipinski definition) is 2. The highest BCUT2D eigenvalue weighted by molar-refractivity contribution is 5.66. The van der Waals surface area contributed by atoms with Crippen LogP contribution < -0.4 is 11.1 Å². The summed E-state index contributed by atoms with van der Waals surface area (Å²) in [5, 5.41) is 2.96. The van der Waals surface area contributed by atoms with Crippen LogP contribution in [0.5, 0.6) is 0 Å². The summed E-state index contributed by atoms with van der Waals surface area (Å²) in [5.74, 6) is -0.401. The number of methoxy groups -OCH3 is 1. The molecule has 0 amide bonds. The first kappa shape index (κ1) is 9.80. The molecule has 0 unspecified atom stereocenters. The third-order valence-corrected chi connectivity index (χ3v) is 1.67. The highest BCUT2D eigenvalue weighted by Crippen LogP contribution is 2.20. The van der Waals surface area contributed by atoms with Crippen molar-refractivity contribution in [2.75, 3.05) is 31.3 Å². The lowest BCUT2D eigenvalue weighted by Crippen LogP contribution is -2.09. The lowest BCUT2D eigenvalue weighted by atomic mass is 10.2. The average Bonchev–Trinajstić information content (AvgIpc) is 2.13. The van der Waals surface area contributed by atoms with Gasteiger partial charge >= 0.3 is 0 Å². The zero-order chi connectivity index (χ0) is 9.68. The van der Waals surface area contributed by atoms with Crippen molar-refractivity contribution in [3.05, 3.63) is 24.0 Å². The Hall–Kier alpha value is -1.29. The fraction of sp³-hybridized carbons (Fsp3) is 0.333. The van der Waals surface area contributed by atoms with E-state index in [-0.39, 0.29) is 5.69 Å². The fourth-order valence-corrected chi connectivity index (χ4v) is 0.979. The van der Waals surface area contributed by atoms with Crippen LogP contribution in [0.4, 0.5) is 15.8 Å². The van der Waals surface area contributed by atoms with Crippen LogP contribution in [0.1, 0.15) is 0 Å². The molecular formula is C9H13FN2O. The summed E-state index contributed by atoms with van der Waals surface area (Å²) in [6.07, 6.45) is 0.